The fraction of sp³-hybridized carbons (Fsp3) is 0.533. The molecule has 0 aromatic heterocycles. The van der Waals surface area contributed by atoms with Gasteiger partial charge in [-0.25, -0.2) is 0 Å². The zero-order valence-electron chi connectivity index (χ0n) is 10.4. The molecule has 0 atom stereocenters. The molecule has 0 saturated heterocycles. The van der Waals surface area contributed by atoms with E-state index in [2.05, 4.69) is 25.1 Å². The Hall–Kier alpha value is -1.31. The Morgan fingerprint density at radius 2 is 2.18 bits per heavy atom. The standard InChI is InChI=1S/C15H19NO/c1-11-2-5-14-10-16(7-6-13(14)8-11)15(17)9-12-3-4-12/h2,5,8,12H,3-4,6-7,9-10H2,1H3. The van der Waals surface area contributed by atoms with Gasteiger partial charge in [0.2, 0.25) is 5.91 Å². The molecule has 1 aromatic carbocycles. The fourth-order valence-electron chi connectivity index (χ4n) is 2.59. The topological polar surface area (TPSA) is 20.3 Å². The first-order chi connectivity index (χ1) is 8.22. The molecule has 1 aliphatic heterocycles. The van der Waals surface area contributed by atoms with Crippen molar-refractivity contribution in [1.82, 2.24) is 4.90 Å². The minimum atomic E-state index is 0.360. The lowest BCUT2D eigenvalue weighted by atomic mass is 9.97. The summed E-state index contributed by atoms with van der Waals surface area (Å²) in [7, 11) is 0. The maximum atomic E-state index is 12.1. The predicted octanol–water partition coefficient (Wildman–Crippen LogP) is 2.68. The largest absolute Gasteiger partial charge is 0.338 e. The summed E-state index contributed by atoms with van der Waals surface area (Å²) >= 11 is 0. The van der Waals surface area contributed by atoms with Gasteiger partial charge in [-0.15, -0.1) is 0 Å². The highest BCUT2D eigenvalue weighted by Gasteiger charge is 2.28. The van der Waals surface area contributed by atoms with Crippen LogP contribution in [0.25, 0.3) is 0 Å². The van der Waals surface area contributed by atoms with Crippen molar-refractivity contribution in [3.63, 3.8) is 0 Å². The Balaban J connectivity index is 1.71. The van der Waals surface area contributed by atoms with Crippen LogP contribution in [0.4, 0.5) is 0 Å². The molecule has 1 fully saturated rings. The van der Waals surface area contributed by atoms with Gasteiger partial charge in [0.05, 0.1) is 0 Å². The third-order valence-electron chi connectivity index (χ3n) is 3.89. The van der Waals surface area contributed by atoms with Crippen LogP contribution < -0.4 is 0 Å². The molecule has 1 amide bonds. The number of carbonyl (C=O) groups excluding carboxylic acids is 1. The zero-order chi connectivity index (χ0) is 11.8. The highest BCUT2D eigenvalue weighted by Crippen LogP contribution is 2.33. The molecule has 2 nitrogen and oxygen atoms in total. The summed E-state index contributed by atoms with van der Waals surface area (Å²) in [5.74, 6) is 1.06. The molecule has 0 radical (unpaired) electrons. The summed E-state index contributed by atoms with van der Waals surface area (Å²) in [4.78, 5) is 14.1. The minimum absolute atomic E-state index is 0.360. The summed E-state index contributed by atoms with van der Waals surface area (Å²) in [5.41, 5.74) is 4.09. The number of fused-ring (bicyclic) bond motifs is 1. The summed E-state index contributed by atoms with van der Waals surface area (Å²) in [5, 5.41) is 0. The number of benzene rings is 1. The quantitative estimate of drug-likeness (QED) is 0.763. The Morgan fingerprint density at radius 1 is 1.35 bits per heavy atom. The fourth-order valence-corrected chi connectivity index (χ4v) is 2.59. The van der Waals surface area contributed by atoms with Gasteiger partial charge < -0.3 is 4.90 Å². The molecule has 0 spiro atoms. The minimum Gasteiger partial charge on any atom is -0.338 e. The Bertz CT molecular complexity index is 448. The molecule has 3 rings (SSSR count). The molecule has 2 heteroatoms. The van der Waals surface area contributed by atoms with Crippen LogP contribution in [-0.4, -0.2) is 17.4 Å². The van der Waals surface area contributed by atoms with Crippen LogP contribution in [0.2, 0.25) is 0 Å². The Labute approximate surface area is 103 Å². The van der Waals surface area contributed by atoms with Crippen molar-refractivity contribution in [2.24, 2.45) is 5.92 Å². The molecule has 1 saturated carbocycles. The number of nitrogens with zero attached hydrogens (tertiary/aromatic N) is 1. The molecule has 1 aromatic rings. The van der Waals surface area contributed by atoms with Gasteiger partial charge in [-0.2, -0.15) is 0 Å². The second kappa shape index (κ2) is 4.17. The molecule has 90 valence electrons. The average Bonchev–Trinajstić information content (AvgIpc) is 3.12. The van der Waals surface area contributed by atoms with Gasteiger partial charge in [0.1, 0.15) is 0 Å². The third-order valence-corrected chi connectivity index (χ3v) is 3.89. The highest BCUT2D eigenvalue weighted by atomic mass is 16.2. The monoisotopic (exact) mass is 229 g/mol. The lowest BCUT2D eigenvalue weighted by Crippen LogP contribution is -2.36. The summed E-state index contributed by atoms with van der Waals surface area (Å²) in [6, 6.07) is 6.59. The van der Waals surface area contributed by atoms with Crippen molar-refractivity contribution in [2.45, 2.75) is 39.2 Å². The third kappa shape index (κ3) is 2.36. The van der Waals surface area contributed by atoms with E-state index in [9.17, 15) is 4.79 Å². The molecular formula is C15H19NO. The first-order valence-electron chi connectivity index (χ1n) is 6.58. The summed E-state index contributed by atoms with van der Waals surface area (Å²) < 4.78 is 0. The normalized spacial score (nSPS) is 19.0. The Morgan fingerprint density at radius 3 is 2.94 bits per heavy atom. The van der Waals surface area contributed by atoms with Crippen molar-refractivity contribution >= 4 is 5.91 Å². The van der Waals surface area contributed by atoms with Gasteiger partial charge in [-0.3, -0.25) is 4.79 Å². The number of hydrogen-bond donors (Lipinski definition) is 0. The van der Waals surface area contributed by atoms with E-state index in [1.807, 2.05) is 4.90 Å². The van der Waals surface area contributed by atoms with E-state index in [4.69, 9.17) is 0 Å². The van der Waals surface area contributed by atoms with Gasteiger partial charge in [-0.1, -0.05) is 23.8 Å². The SMILES string of the molecule is Cc1ccc2c(c1)CCN(C(=O)CC1CC1)C2. The second-order valence-electron chi connectivity index (χ2n) is 5.48. The van der Waals surface area contributed by atoms with Gasteiger partial charge >= 0.3 is 0 Å². The molecule has 2 aliphatic rings. The van der Waals surface area contributed by atoms with E-state index in [1.165, 1.54) is 29.5 Å². The van der Waals surface area contributed by atoms with E-state index >= 15 is 0 Å². The van der Waals surface area contributed by atoms with Crippen molar-refractivity contribution in [3.8, 4) is 0 Å². The van der Waals surface area contributed by atoms with Crippen LogP contribution >= 0.6 is 0 Å². The van der Waals surface area contributed by atoms with Crippen LogP contribution in [0.15, 0.2) is 18.2 Å². The van der Waals surface area contributed by atoms with Crippen molar-refractivity contribution in [1.29, 1.82) is 0 Å². The molecule has 0 bridgehead atoms. The van der Waals surface area contributed by atoms with Gasteiger partial charge in [0.15, 0.2) is 0 Å². The highest BCUT2D eigenvalue weighted by molar-refractivity contribution is 5.77. The van der Waals surface area contributed by atoms with Gasteiger partial charge in [-0.05, 0) is 43.2 Å². The number of carbonyl (C=O) groups is 1. The van der Waals surface area contributed by atoms with Crippen molar-refractivity contribution < 1.29 is 4.79 Å². The van der Waals surface area contributed by atoms with E-state index in [-0.39, 0.29) is 0 Å². The molecule has 0 unspecified atom stereocenters. The number of amides is 1. The predicted molar refractivity (Wildman–Crippen MR) is 67.6 cm³/mol. The average molecular weight is 229 g/mol. The Kier molecular flexibility index (Phi) is 2.65. The zero-order valence-corrected chi connectivity index (χ0v) is 10.4. The lowest BCUT2D eigenvalue weighted by Gasteiger charge is -2.29. The van der Waals surface area contributed by atoms with E-state index < -0.39 is 0 Å². The van der Waals surface area contributed by atoms with Crippen LogP contribution in [0.3, 0.4) is 0 Å². The van der Waals surface area contributed by atoms with Crippen molar-refractivity contribution in [2.75, 3.05) is 6.54 Å². The molecule has 1 aliphatic carbocycles. The number of rotatable bonds is 2. The van der Waals surface area contributed by atoms with Crippen molar-refractivity contribution in [3.05, 3.63) is 34.9 Å². The molecule has 0 N–H and O–H groups in total. The van der Waals surface area contributed by atoms with Gasteiger partial charge in [0, 0.05) is 19.5 Å². The van der Waals surface area contributed by atoms with E-state index in [0.29, 0.717) is 11.8 Å². The number of hydrogen-bond acceptors (Lipinski definition) is 1. The molecule has 1 heterocycles. The molecule has 17 heavy (non-hydrogen) atoms. The van der Waals surface area contributed by atoms with E-state index in [0.717, 1.165) is 25.9 Å². The second-order valence-corrected chi connectivity index (χ2v) is 5.48. The maximum Gasteiger partial charge on any atom is 0.223 e. The van der Waals surface area contributed by atoms with Gasteiger partial charge in [0.25, 0.3) is 0 Å². The first kappa shape index (κ1) is 10.8. The van der Waals surface area contributed by atoms with Crippen LogP contribution in [0, 0.1) is 12.8 Å². The maximum absolute atomic E-state index is 12.1. The van der Waals surface area contributed by atoms with E-state index in [1.54, 1.807) is 0 Å². The number of aryl methyl sites for hydroxylation is 1. The smallest absolute Gasteiger partial charge is 0.223 e. The van der Waals surface area contributed by atoms with Crippen LogP contribution in [0.5, 0.6) is 0 Å². The first-order valence-corrected chi connectivity index (χ1v) is 6.58. The van der Waals surface area contributed by atoms with Crippen LogP contribution in [-0.2, 0) is 17.8 Å². The summed E-state index contributed by atoms with van der Waals surface area (Å²) in [6.45, 7) is 3.86. The summed E-state index contributed by atoms with van der Waals surface area (Å²) in [6.07, 6.45) is 4.32. The lowest BCUT2D eigenvalue weighted by molar-refractivity contribution is -0.132. The molecular weight excluding hydrogens is 210 g/mol. The van der Waals surface area contributed by atoms with Crippen LogP contribution in [0.1, 0.15) is 36.0 Å².